The first kappa shape index (κ1) is 8.20. The first-order chi connectivity index (χ1) is 5.05. The predicted molar refractivity (Wildman–Crippen MR) is 46.4 cm³/mol. The monoisotopic (exact) mass is 168 g/mol. The second kappa shape index (κ2) is 2.62. The van der Waals surface area contributed by atoms with Gasteiger partial charge >= 0.3 is 0 Å². The van der Waals surface area contributed by atoms with Gasteiger partial charge in [0.1, 0.15) is 0 Å². The summed E-state index contributed by atoms with van der Waals surface area (Å²) in [4.78, 5) is 14.4. The molecule has 0 aliphatic heterocycles. The minimum absolute atomic E-state index is 0.546. The Morgan fingerprint density at radius 3 is 2.55 bits per heavy atom. The number of aromatic nitrogens is 2. The first-order valence-corrected chi connectivity index (χ1v) is 6.99. The third-order valence-corrected chi connectivity index (χ3v) is 3.32. The highest BCUT2D eigenvalue weighted by Crippen LogP contribution is 2.07. The molecule has 0 amide bonds. The summed E-state index contributed by atoms with van der Waals surface area (Å²) in [6.07, 6.45) is 4.34. The molecule has 0 fully saturated rings. The molecule has 11 heavy (non-hydrogen) atoms. The zero-order chi connectivity index (χ0) is 8.48. The number of hydrogen-bond donors (Lipinski definition) is 0. The van der Waals surface area contributed by atoms with Gasteiger partial charge in [0.2, 0.25) is 0 Å². The molecule has 0 saturated carbocycles. The van der Waals surface area contributed by atoms with E-state index < -0.39 is 8.24 Å². The number of aldehydes is 1. The van der Waals surface area contributed by atoms with Crippen molar-refractivity contribution in [1.82, 2.24) is 9.22 Å². The summed E-state index contributed by atoms with van der Waals surface area (Å²) in [5.74, 6) is 0.546. The number of hydrogen-bond acceptors (Lipinski definition) is 2. The maximum atomic E-state index is 10.5. The van der Waals surface area contributed by atoms with E-state index in [-0.39, 0.29) is 0 Å². The van der Waals surface area contributed by atoms with E-state index in [4.69, 9.17) is 0 Å². The van der Waals surface area contributed by atoms with Crippen LogP contribution >= 0.6 is 0 Å². The smallest absolute Gasteiger partial charge is 0.184 e. The molecule has 0 N–H and O–H groups in total. The molecular weight excluding hydrogens is 156 g/mol. The summed E-state index contributed by atoms with van der Waals surface area (Å²) in [6, 6.07) is 0. The van der Waals surface area contributed by atoms with Crippen molar-refractivity contribution in [2.45, 2.75) is 19.6 Å². The molecule has 0 unspecified atom stereocenters. The van der Waals surface area contributed by atoms with Crippen molar-refractivity contribution in [2.75, 3.05) is 0 Å². The zero-order valence-corrected chi connectivity index (χ0v) is 8.03. The number of carbonyl (C=O) groups is 1. The van der Waals surface area contributed by atoms with E-state index in [1.807, 2.05) is 10.4 Å². The van der Waals surface area contributed by atoms with Crippen LogP contribution in [0.5, 0.6) is 0 Å². The van der Waals surface area contributed by atoms with E-state index >= 15 is 0 Å². The van der Waals surface area contributed by atoms with Crippen LogP contribution in [-0.4, -0.2) is 23.7 Å². The molecular formula is C7H12N2OSi. The lowest BCUT2D eigenvalue weighted by molar-refractivity contribution is 0.111. The highest BCUT2D eigenvalue weighted by Gasteiger charge is 2.18. The molecule has 0 atom stereocenters. The van der Waals surface area contributed by atoms with Gasteiger partial charge in [-0.2, -0.15) is 0 Å². The van der Waals surface area contributed by atoms with Gasteiger partial charge in [-0.3, -0.25) is 4.79 Å². The molecule has 1 aromatic heterocycles. The van der Waals surface area contributed by atoms with E-state index in [1.54, 1.807) is 6.20 Å². The fourth-order valence-corrected chi connectivity index (χ4v) is 2.28. The molecule has 1 heterocycles. The van der Waals surface area contributed by atoms with Gasteiger partial charge in [0.05, 0.1) is 0 Å². The summed E-state index contributed by atoms with van der Waals surface area (Å²) >= 11 is 0. The van der Waals surface area contributed by atoms with Gasteiger partial charge in [-0.25, -0.2) is 4.98 Å². The predicted octanol–water partition coefficient (Wildman–Crippen LogP) is 1.38. The van der Waals surface area contributed by atoms with Gasteiger partial charge in [0.15, 0.2) is 20.3 Å². The zero-order valence-electron chi connectivity index (χ0n) is 7.03. The van der Waals surface area contributed by atoms with Gasteiger partial charge in [0.25, 0.3) is 0 Å². The Morgan fingerprint density at radius 2 is 2.18 bits per heavy atom. The Labute approximate surface area is 67.2 Å². The fraction of sp³-hybridized carbons (Fsp3) is 0.429. The first-order valence-electron chi connectivity index (χ1n) is 3.54. The van der Waals surface area contributed by atoms with Crippen LogP contribution in [0.3, 0.4) is 0 Å². The van der Waals surface area contributed by atoms with E-state index in [0.717, 1.165) is 6.29 Å². The third-order valence-electron chi connectivity index (χ3n) is 1.50. The highest BCUT2D eigenvalue weighted by atomic mass is 28.3. The van der Waals surface area contributed by atoms with Crippen molar-refractivity contribution in [3.63, 3.8) is 0 Å². The molecule has 0 spiro atoms. The summed E-state index contributed by atoms with van der Waals surface area (Å²) in [5, 5.41) is 0. The van der Waals surface area contributed by atoms with Gasteiger partial charge in [-0.05, 0) is 0 Å². The SMILES string of the molecule is C[Si](C)(C)n1ccnc1C=O. The summed E-state index contributed by atoms with van der Waals surface area (Å²) in [6.45, 7) is 6.51. The molecule has 0 radical (unpaired) electrons. The van der Waals surface area contributed by atoms with Crippen LogP contribution in [-0.2, 0) is 0 Å². The van der Waals surface area contributed by atoms with Crippen molar-refractivity contribution < 1.29 is 4.79 Å². The summed E-state index contributed by atoms with van der Waals surface area (Å²) < 4.78 is 1.99. The molecule has 0 aliphatic rings. The quantitative estimate of drug-likeness (QED) is 0.494. The van der Waals surface area contributed by atoms with Crippen molar-refractivity contribution in [3.05, 3.63) is 18.2 Å². The van der Waals surface area contributed by atoms with Gasteiger partial charge < -0.3 is 4.23 Å². The summed E-state index contributed by atoms with van der Waals surface area (Å²) in [5.41, 5.74) is 0. The topological polar surface area (TPSA) is 34.9 Å². The Kier molecular flexibility index (Phi) is 1.95. The molecule has 0 aromatic carbocycles. The van der Waals surface area contributed by atoms with Crippen LogP contribution in [0.2, 0.25) is 19.6 Å². The third kappa shape index (κ3) is 1.57. The van der Waals surface area contributed by atoms with Crippen LogP contribution in [0.1, 0.15) is 10.6 Å². The van der Waals surface area contributed by atoms with Crippen molar-refractivity contribution in [3.8, 4) is 0 Å². The lowest BCUT2D eigenvalue weighted by atomic mass is 10.7. The molecule has 1 aromatic rings. The minimum atomic E-state index is -1.42. The van der Waals surface area contributed by atoms with Gasteiger partial charge in [-0.15, -0.1) is 0 Å². The van der Waals surface area contributed by atoms with Crippen LogP contribution in [0.15, 0.2) is 12.4 Å². The van der Waals surface area contributed by atoms with Crippen LogP contribution in [0.25, 0.3) is 0 Å². The standard InChI is InChI=1S/C7H12N2OSi/c1-11(2,3)9-5-4-8-7(9)6-10/h4-6H,1-3H3. The maximum Gasteiger partial charge on any atom is 0.184 e. The molecule has 3 nitrogen and oxygen atoms in total. The van der Waals surface area contributed by atoms with E-state index in [2.05, 4.69) is 24.6 Å². The van der Waals surface area contributed by atoms with E-state index in [9.17, 15) is 4.79 Å². The Morgan fingerprint density at radius 1 is 1.55 bits per heavy atom. The molecule has 60 valence electrons. The van der Waals surface area contributed by atoms with Gasteiger partial charge in [-0.1, -0.05) is 19.6 Å². The molecule has 4 heteroatoms. The Balaban J connectivity index is 3.12. The van der Waals surface area contributed by atoms with Crippen molar-refractivity contribution >= 4 is 14.5 Å². The van der Waals surface area contributed by atoms with Crippen molar-refractivity contribution in [1.29, 1.82) is 0 Å². The lowest BCUT2D eigenvalue weighted by Gasteiger charge is -2.18. The molecule has 0 aliphatic carbocycles. The van der Waals surface area contributed by atoms with Crippen LogP contribution < -0.4 is 0 Å². The molecule has 0 bridgehead atoms. The maximum absolute atomic E-state index is 10.5. The molecule has 1 rings (SSSR count). The number of rotatable bonds is 2. The van der Waals surface area contributed by atoms with Crippen molar-refractivity contribution in [2.24, 2.45) is 0 Å². The largest absolute Gasteiger partial charge is 0.357 e. The summed E-state index contributed by atoms with van der Waals surface area (Å²) in [7, 11) is -1.42. The second-order valence-corrected chi connectivity index (χ2v) is 8.27. The van der Waals surface area contributed by atoms with E-state index in [1.165, 1.54) is 0 Å². The average Bonchev–Trinajstić information content (AvgIpc) is 2.31. The number of imidazole rings is 1. The fourth-order valence-electron chi connectivity index (χ4n) is 0.969. The lowest BCUT2D eigenvalue weighted by Crippen LogP contribution is -2.32. The number of nitrogens with zero attached hydrogens (tertiary/aromatic N) is 2. The Hall–Kier alpha value is -0.903. The van der Waals surface area contributed by atoms with E-state index in [0.29, 0.717) is 5.82 Å². The van der Waals surface area contributed by atoms with Crippen LogP contribution in [0, 0.1) is 0 Å². The second-order valence-electron chi connectivity index (χ2n) is 3.44. The Bertz CT molecular complexity index is 262. The van der Waals surface area contributed by atoms with Crippen LogP contribution in [0.4, 0.5) is 0 Å². The minimum Gasteiger partial charge on any atom is -0.357 e. The number of carbonyl (C=O) groups excluding carboxylic acids is 1. The highest BCUT2D eigenvalue weighted by molar-refractivity contribution is 6.74. The van der Waals surface area contributed by atoms with Gasteiger partial charge in [0, 0.05) is 12.4 Å². The average molecular weight is 168 g/mol. The normalized spacial score (nSPS) is 11.5. The molecule has 0 saturated heterocycles.